The number of hydrogen-bond donors (Lipinski definition) is 0. The van der Waals surface area contributed by atoms with Gasteiger partial charge in [-0.1, -0.05) is 105 Å². The van der Waals surface area contributed by atoms with Gasteiger partial charge < -0.3 is 9.47 Å². The zero-order valence-corrected chi connectivity index (χ0v) is 32.7. The topological polar surface area (TPSA) is 93.9 Å². The van der Waals surface area contributed by atoms with Gasteiger partial charge >= 0.3 is 17.8 Å². The molecule has 53 heavy (non-hydrogen) atoms. The Labute approximate surface area is 319 Å². The van der Waals surface area contributed by atoms with Crippen LogP contribution < -0.4 is 9.47 Å². The van der Waals surface area contributed by atoms with Crippen LogP contribution in [0, 0.1) is 10.8 Å². The van der Waals surface area contributed by atoms with Crippen molar-refractivity contribution in [3.05, 3.63) is 117 Å². The molecule has 0 spiro atoms. The number of rotatable bonds is 8. The lowest BCUT2D eigenvalue weighted by Gasteiger charge is -2.31. The summed E-state index contributed by atoms with van der Waals surface area (Å²) in [7, 11) is 2.58. The van der Waals surface area contributed by atoms with E-state index in [0.717, 1.165) is 67.7 Å². The SMILES string of the molecule is COC(=O)CC(=O)N1/C(=C/C2=CC(=CC=CC3=C/C(=C/c4sc5ccccc5[n+]4C(=O)CC(=O)OC)CC(C)(C)C3)CC(C)(C)C2)Sc2ccccc21. The van der Waals surface area contributed by atoms with Gasteiger partial charge in [-0.05, 0) is 83.1 Å². The Morgan fingerprint density at radius 3 is 2.19 bits per heavy atom. The van der Waals surface area contributed by atoms with Gasteiger partial charge in [0.05, 0.1) is 24.9 Å². The number of thiazole rings is 1. The number of nitrogens with zero attached hydrogens (tertiary/aromatic N) is 2. The Kier molecular flexibility index (Phi) is 11.2. The van der Waals surface area contributed by atoms with Crippen LogP contribution in [0.15, 0.2) is 117 Å². The van der Waals surface area contributed by atoms with Crippen molar-refractivity contribution in [3.8, 4) is 0 Å². The molecule has 8 nitrogen and oxygen atoms in total. The predicted molar refractivity (Wildman–Crippen MR) is 211 cm³/mol. The molecule has 0 saturated carbocycles. The van der Waals surface area contributed by atoms with E-state index in [2.05, 4.69) is 70.2 Å². The van der Waals surface area contributed by atoms with Crippen LogP contribution in [0.4, 0.5) is 5.69 Å². The lowest BCUT2D eigenvalue weighted by atomic mass is 9.74. The normalized spacial score (nSPS) is 20.1. The molecule has 0 atom stereocenters. The maximum atomic E-state index is 13.3. The number of thioether (sulfide) groups is 1. The number of ether oxygens (including phenoxy) is 2. The molecule has 0 bridgehead atoms. The van der Waals surface area contributed by atoms with E-state index in [1.165, 1.54) is 48.5 Å². The van der Waals surface area contributed by atoms with Crippen LogP contribution in [0.5, 0.6) is 0 Å². The lowest BCUT2D eigenvalue weighted by Crippen LogP contribution is -2.44. The molecule has 1 amide bonds. The molecule has 10 heteroatoms. The van der Waals surface area contributed by atoms with Crippen LogP contribution in [-0.4, -0.2) is 38.0 Å². The minimum atomic E-state index is -0.563. The van der Waals surface area contributed by atoms with E-state index in [1.54, 1.807) is 9.47 Å². The summed E-state index contributed by atoms with van der Waals surface area (Å²) in [6, 6.07) is 15.5. The molecular formula is C43H45N2O6S2+. The molecule has 2 aromatic carbocycles. The number of methoxy groups -OCH3 is 2. The summed E-state index contributed by atoms with van der Waals surface area (Å²) in [6.45, 7) is 9.02. The van der Waals surface area contributed by atoms with E-state index in [0.29, 0.717) is 0 Å². The third-order valence-electron chi connectivity index (χ3n) is 9.34. The lowest BCUT2D eigenvalue weighted by molar-refractivity contribution is -0.542. The van der Waals surface area contributed by atoms with Crippen LogP contribution in [-0.2, 0) is 23.9 Å². The maximum Gasteiger partial charge on any atom is 0.405 e. The number of esters is 2. The monoisotopic (exact) mass is 749 g/mol. The highest BCUT2D eigenvalue weighted by Crippen LogP contribution is 2.48. The van der Waals surface area contributed by atoms with Gasteiger partial charge in [0.1, 0.15) is 11.1 Å². The molecule has 0 fully saturated rings. The second-order valence-electron chi connectivity index (χ2n) is 15.2. The third kappa shape index (κ3) is 9.05. The van der Waals surface area contributed by atoms with Crippen LogP contribution in [0.25, 0.3) is 16.3 Å². The number of allylic oxidation sites excluding steroid dienone is 10. The number of anilines is 1. The number of hydrogen-bond acceptors (Lipinski definition) is 8. The Balaban J connectivity index is 1.29. The van der Waals surface area contributed by atoms with Gasteiger partial charge in [0.2, 0.25) is 11.4 Å². The number of benzene rings is 2. The first-order valence-corrected chi connectivity index (χ1v) is 19.3. The number of fused-ring (bicyclic) bond motifs is 2. The largest absolute Gasteiger partial charge is 0.469 e. The van der Waals surface area contributed by atoms with E-state index in [9.17, 15) is 19.2 Å². The fourth-order valence-corrected chi connectivity index (χ4v) is 9.57. The van der Waals surface area contributed by atoms with Crippen molar-refractivity contribution in [1.29, 1.82) is 0 Å². The average molecular weight is 750 g/mol. The van der Waals surface area contributed by atoms with Crippen LogP contribution in [0.2, 0.25) is 0 Å². The highest BCUT2D eigenvalue weighted by Gasteiger charge is 2.34. The van der Waals surface area contributed by atoms with Crippen molar-refractivity contribution in [1.82, 2.24) is 0 Å². The summed E-state index contributed by atoms with van der Waals surface area (Å²) in [6.07, 6.45) is 17.9. The number of para-hydroxylation sites is 2. The van der Waals surface area contributed by atoms with Crippen molar-refractivity contribution in [2.45, 2.75) is 71.1 Å². The van der Waals surface area contributed by atoms with Crippen molar-refractivity contribution in [2.75, 3.05) is 19.1 Å². The van der Waals surface area contributed by atoms with Gasteiger partial charge in [-0.15, -0.1) is 4.57 Å². The van der Waals surface area contributed by atoms with Crippen LogP contribution in [0.3, 0.4) is 0 Å². The molecule has 6 rings (SSSR count). The highest BCUT2D eigenvalue weighted by molar-refractivity contribution is 8.03. The van der Waals surface area contributed by atoms with Crippen molar-refractivity contribution in [3.63, 3.8) is 0 Å². The maximum absolute atomic E-state index is 13.3. The summed E-state index contributed by atoms with van der Waals surface area (Å²) in [5.41, 5.74) is 6.19. The van der Waals surface area contributed by atoms with Gasteiger partial charge in [-0.2, -0.15) is 0 Å². The fourth-order valence-electron chi connectivity index (χ4n) is 7.29. The summed E-state index contributed by atoms with van der Waals surface area (Å²) in [4.78, 5) is 53.3. The second kappa shape index (κ2) is 15.7. The standard InChI is InChI=1S/C43H45N2O6S2/c1-42(2)24-28(18-30(26-42)20-38-44(36(46)22-40(48)50-5)32-14-7-9-16-34(32)52-38)12-11-13-29-19-31(27-43(3,4)25-29)21-39-45(37(47)23-41(49)51-6)33-15-8-10-17-35(33)53-39/h7-21H,22-27H2,1-6H3/q+1. The van der Waals surface area contributed by atoms with E-state index < -0.39 is 11.9 Å². The molecule has 3 aliphatic rings. The minimum Gasteiger partial charge on any atom is -0.469 e. The van der Waals surface area contributed by atoms with Crippen molar-refractivity contribution >= 4 is 68.8 Å². The van der Waals surface area contributed by atoms with Gasteiger partial charge in [-0.25, -0.2) is 4.79 Å². The van der Waals surface area contributed by atoms with Crippen LogP contribution in [0.1, 0.15) is 76.0 Å². The van der Waals surface area contributed by atoms with Gasteiger partial charge in [0.25, 0.3) is 5.01 Å². The van der Waals surface area contributed by atoms with Crippen molar-refractivity contribution in [2.24, 2.45) is 10.8 Å². The molecule has 1 aromatic heterocycles. The summed E-state index contributed by atoms with van der Waals surface area (Å²) in [5.74, 6) is -1.76. The number of carbonyl (C=O) groups is 4. The Hall–Kier alpha value is -4.80. The highest BCUT2D eigenvalue weighted by atomic mass is 32.2. The molecule has 0 N–H and O–H groups in total. The molecular weight excluding hydrogens is 705 g/mol. The predicted octanol–water partition coefficient (Wildman–Crippen LogP) is 9.29. The Morgan fingerprint density at radius 2 is 1.43 bits per heavy atom. The summed E-state index contributed by atoms with van der Waals surface area (Å²) in [5, 5.41) is 1.56. The fraction of sp³-hybridized carbons (Fsp3) is 0.326. The molecule has 0 saturated heterocycles. The molecule has 0 radical (unpaired) electrons. The van der Waals surface area contributed by atoms with E-state index in [-0.39, 0.29) is 35.5 Å². The van der Waals surface area contributed by atoms with Gasteiger partial charge in [-0.3, -0.25) is 19.3 Å². The van der Waals surface area contributed by atoms with Crippen molar-refractivity contribution < 1.29 is 33.2 Å². The third-order valence-corrected chi connectivity index (χ3v) is 11.5. The number of amides is 1. The van der Waals surface area contributed by atoms with E-state index in [1.807, 2.05) is 48.5 Å². The van der Waals surface area contributed by atoms with E-state index >= 15 is 0 Å². The molecule has 2 heterocycles. The second-order valence-corrected chi connectivity index (χ2v) is 17.3. The smallest absolute Gasteiger partial charge is 0.405 e. The molecule has 3 aromatic rings. The van der Waals surface area contributed by atoms with Gasteiger partial charge in [0.15, 0.2) is 6.42 Å². The first-order chi connectivity index (χ1) is 25.2. The summed E-state index contributed by atoms with van der Waals surface area (Å²) < 4.78 is 12.2. The Bertz CT molecular complexity index is 2180. The number of aromatic nitrogens is 1. The van der Waals surface area contributed by atoms with Gasteiger partial charge in [0, 0.05) is 17.0 Å². The zero-order chi connectivity index (χ0) is 37.9. The zero-order valence-electron chi connectivity index (χ0n) is 31.1. The Morgan fingerprint density at radius 1 is 0.792 bits per heavy atom. The molecule has 274 valence electrons. The molecule has 0 unspecified atom stereocenters. The average Bonchev–Trinajstić information content (AvgIpc) is 3.64. The molecule has 1 aliphatic heterocycles. The summed E-state index contributed by atoms with van der Waals surface area (Å²) >= 11 is 3.07. The number of carbonyl (C=O) groups excluding carboxylic acids is 4. The quantitative estimate of drug-likeness (QED) is 0.129. The first kappa shape index (κ1) is 37.9. The molecule has 2 aliphatic carbocycles. The van der Waals surface area contributed by atoms with E-state index in [4.69, 9.17) is 9.47 Å². The minimum absolute atomic E-state index is 0.00469. The first-order valence-electron chi connectivity index (χ1n) is 17.7. The van der Waals surface area contributed by atoms with Crippen LogP contribution >= 0.6 is 23.1 Å².